The molecule has 0 saturated heterocycles. The molecule has 2 heterocycles. The monoisotopic (exact) mass is 718 g/mol. The summed E-state index contributed by atoms with van der Waals surface area (Å²) in [5.41, 5.74) is 7.53. The first kappa shape index (κ1) is 30.2. The summed E-state index contributed by atoms with van der Waals surface area (Å²) in [5, 5.41) is 15.6. The molecule has 10 aromatic carbocycles. The van der Waals surface area contributed by atoms with E-state index in [0.717, 1.165) is 0 Å². The van der Waals surface area contributed by atoms with Crippen LogP contribution in [-0.4, -0.2) is 0 Å². The third kappa shape index (κ3) is 4.54. The predicted molar refractivity (Wildman–Crippen MR) is 239 cm³/mol. The van der Waals surface area contributed by atoms with E-state index in [1.165, 1.54) is 117 Å². The topological polar surface area (TPSA) is 0 Å². The fraction of sp³-hybridized carbons (Fsp3) is 0. The van der Waals surface area contributed by atoms with Crippen LogP contribution in [0.3, 0.4) is 0 Å². The molecular formula is C52H30S2. The van der Waals surface area contributed by atoms with Crippen LogP contribution in [-0.2, 0) is 0 Å². The van der Waals surface area contributed by atoms with Gasteiger partial charge in [0.15, 0.2) is 0 Å². The second-order valence-corrected chi connectivity index (χ2v) is 16.6. The van der Waals surface area contributed by atoms with Gasteiger partial charge in [-0.05, 0) is 131 Å². The number of hydrogen-bond acceptors (Lipinski definition) is 2. The molecular weight excluding hydrogens is 689 g/mol. The molecule has 0 aliphatic carbocycles. The third-order valence-electron chi connectivity index (χ3n) is 11.4. The van der Waals surface area contributed by atoms with E-state index >= 15 is 0 Å². The molecule has 250 valence electrons. The van der Waals surface area contributed by atoms with Crippen molar-refractivity contribution >= 4 is 106 Å². The van der Waals surface area contributed by atoms with E-state index in [2.05, 4.69) is 182 Å². The Morgan fingerprint density at radius 2 is 0.704 bits per heavy atom. The molecule has 0 aliphatic rings. The summed E-state index contributed by atoms with van der Waals surface area (Å²) >= 11 is 3.79. The molecule has 0 saturated carbocycles. The van der Waals surface area contributed by atoms with Crippen molar-refractivity contribution in [3.8, 4) is 33.4 Å². The summed E-state index contributed by atoms with van der Waals surface area (Å²) in [7, 11) is 0. The zero-order chi connectivity index (χ0) is 35.3. The molecule has 0 fully saturated rings. The van der Waals surface area contributed by atoms with Gasteiger partial charge in [0.25, 0.3) is 0 Å². The van der Waals surface area contributed by atoms with E-state index in [0.29, 0.717) is 0 Å². The van der Waals surface area contributed by atoms with Crippen molar-refractivity contribution in [1.29, 1.82) is 0 Å². The smallest absolute Gasteiger partial charge is 0.0361 e. The van der Waals surface area contributed by atoms with Gasteiger partial charge in [0, 0.05) is 40.3 Å². The van der Waals surface area contributed by atoms with E-state index in [-0.39, 0.29) is 0 Å². The third-order valence-corrected chi connectivity index (χ3v) is 13.6. The second kappa shape index (κ2) is 11.6. The lowest BCUT2D eigenvalue weighted by Gasteiger charge is -2.18. The highest BCUT2D eigenvalue weighted by molar-refractivity contribution is 7.26. The number of benzene rings is 10. The van der Waals surface area contributed by atoms with Gasteiger partial charge in [-0.3, -0.25) is 0 Å². The highest BCUT2D eigenvalue weighted by Crippen LogP contribution is 2.46. The van der Waals surface area contributed by atoms with Crippen molar-refractivity contribution in [3.63, 3.8) is 0 Å². The quantitative estimate of drug-likeness (QED) is 0.160. The summed E-state index contributed by atoms with van der Waals surface area (Å²) in [4.78, 5) is 0. The van der Waals surface area contributed by atoms with Gasteiger partial charge in [-0.1, -0.05) is 127 Å². The molecule has 54 heavy (non-hydrogen) atoms. The van der Waals surface area contributed by atoms with E-state index < -0.39 is 0 Å². The Balaban J connectivity index is 1.03. The van der Waals surface area contributed by atoms with Gasteiger partial charge in [0.05, 0.1) is 0 Å². The predicted octanol–water partition coefficient (Wildman–Crippen LogP) is 16.0. The lowest BCUT2D eigenvalue weighted by molar-refractivity contribution is 1.63. The van der Waals surface area contributed by atoms with E-state index in [4.69, 9.17) is 0 Å². The van der Waals surface area contributed by atoms with Gasteiger partial charge in [-0.15, -0.1) is 22.7 Å². The van der Waals surface area contributed by atoms with Gasteiger partial charge < -0.3 is 0 Å². The zero-order valence-electron chi connectivity index (χ0n) is 29.1. The standard InChI is InChI=1S/C52H30S2/c1-2-11-32-24-36(21-20-31(32)10-1)52-42-17-5-3-15-40(42)51(41-16-4-6-18-43(41)52)35-13-9-12-33(25-35)34-22-23-48-45(26-34)46-28-37-27-44-39-14-7-8-19-47(39)53-49(44)29-38(37)30-50(46)54-48/h1-30H. The van der Waals surface area contributed by atoms with E-state index in [1.807, 2.05) is 22.7 Å². The maximum atomic E-state index is 2.42. The molecule has 2 heteroatoms. The van der Waals surface area contributed by atoms with Crippen molar-refractivity contribution in [1.82, 2.24) is 0 Å². The largest absolute Gasteiger partial charge is 0.135 e. The van der Waals surface area contributed by atoms with Crippen LogP contribution in [0, 0.1) is 0 Å². The lowest BCUT2D eigenvalue weighted by Crippen LogP contribution is -1.91. The zero-order valence-corrected chi connectivity index (χ0v) is 30.8. The fourth-order valence-corrected chi connectivity index (χ4v) is 11.1. The molecule has 0 unspecified atom stereocenters. The average Bonchev–Trinajstić information content (AvgIpc) is 3.77. The summed E-state index contributed by atoms with van der Waals surface area (Å²) in [6, 6.07) is 68.0. The summed E-state index contributed by atoms with van der Waals surface area (Å²) in [6.45, 7) is 0. The minimum Gasteiger partial charge on any atom is -0.135 e. The Labute approximate surface area is 319 Å². The summed E-state index contributed by atoms with van der Waals surface area (Å²) in [6.07, 6.45) is 0. The maximum Gasteiger partial charge on any atom is 0.0361 e. The Hall–Kier alpha value is -6.32. The number of thiophene rings is 2. The molecule has 12 aromatic rings. The minimum atomic E-state index is 1.23. The van der Waals surface area contributed by atoms with Crippen LogP contribution in [0.2, 0.25) is 0 Å². The fourth-order valence-electron chi connectivity index (χ4n) is 8.87. The normalized spacial score (nSPS) is 12.1. The van der Waals surface area contributed by atoms with Gasteiger partial charge in [-0.25, -0.2) is 0 Å². The molecule has 0 spiro atoms. The number of fused-ring (bicyclic) bond motifs is 10. The summed E-state index contributed by atoms with van der Waals surface area (Å²) < 4.78 is 5.38. The van der Waals surface area contributed by atoms with Gasteiger partial charge in [0.2, 0.25) is 0 Å². The first-order valence-corrected chi connectivity index (χ1v) is 20.1. The average molecular weight is 719 g/mol. The molecule has 0 radical (unpaired) electrons. The Bertz CT molecular complexity index is 3450. The number of rotatable bonds is 3. The van der Waals surface area contributed by atoms with Crippen LogP contribution >= 0.6 is 22.7 Å². The molecule has 0 N–H and O–H groups in total. The lowest BCUT2D eigenvalue weighted by atomic mass is 9.85. The van der Waals surface area contributed by atoms with Crippen LogP contribution < -0.4 is 0 Å². The first-order chi connectivity index (χ1) is 26.7. The van der Waals surface area contributed by atoms with Crippen molar-refractivity contribution in [2.45, 2.75) is 0 Å². The highest BCUT2D eigenvalue weighted by Gasteiger charge is 2.18. The maximum absolute atomic E-state index is 2.42. The van der Waals surface area contributed by atoms with Crippen molar-refractivity contribution < 1.29 is 0 Å². The van der Waals surface area contributed by atoms with Crippen LogP contribution in [0.1, 0.15) is 0 Å². The molecule has 0 aliphatic heterocycles. The van der Waals surface area contributed by atoms with Crippen LogP contribution in [0.5, 0.6) is 0 Å². The molecule has 2 aromatic heterocycles. The van der Waals surface area contributed by atoms with Gasteiger partial charge in [-0.2, -0.15) is 0 Å². The van der Waals surface area contributed by atoms with Crippen LogP contribution in [0.15, 0.2) is 182 Å². The Morgan fingerprint density at radius 3 is 1.41 bits per heavy atom. The Morgan fingerprint density at radius 1 is 0.222 bits per heavy atom. The minimum absolute atomic E-state index is 1.23. The first-order valence-electron chi connectivity index (χ1n) is 18.5. The molecule has 0 amide bonds. The number of hydrogen-bond donors (Lipinski definition) is 0. The molecule has 12 rings (SSSR count). The molecule has 0 atom stereocenters. The Kier molecular flexibility index (Phi) is 6.48. The van der Waals surface area contributed by atoms with Crippen LogP contribution in [0.25, 0.3) is 117 Å². The highest BCUT2D eigenvalue weighted by atomic mass is 32.1. The van der Waals surface area contributed by atoms with Gasteiger partial charge >= 0.3 is 0 Å². The van der Waals surface area contributed by atoms with Crippen molar-refractivity contribution in [2.75, 3.05) is 0 Å². The summed E-state index contributed by atoms with van der Waals surface area (Å²) in [5.74, 6) is 0. The van der Waals surface area contributed by atoms with Crippen molar-refractivity contribution in [2.24, 2.45) is 0 Å². The van der Waals surface area contributed by atoms with E-state index in [1.54, 1.807) is 0 Å². The SMILES string of the molecule is c1cc(-c2ccc3sc4cc5cc6sc7ccccc7c6cc5cc4c3c2)cc(-c2c3ccccc3c(-c3ccc4ccccc4c3)c3ccccc23)c1. The second-order valence-electron chi connectivity index (χ2n) is 14.4. The van der Waals surface area contributed by atoms with Gasteiger partial charge in [0.1, 0.15) is 0 Å². The van der Waals surface area contributed by atoms with Crippen LogP contribution in [0.4, 0.5) is 0 Å². The van der Waals surface area contributed by atoms with Crippen molar-refractivity contribution in [3.05, 3.63) is 182 Å². The molecule has 0 bridgehead atoms. The molecule has 0 nitrogen and oxygen atoms in total. The van der Waals surface area contributed by atoms with E-state index in [9.17, 15) is 0 Å².